The molecule has 3 nitrogen and oxygen atoms in total. The van der Waals surface area contributed by atoms with Crippen molar-refractivity contribution in [1.82, 2.24) is 9.88 Å². The third kappa shape index (κ3) is 4.22. The predicted molar refractivity (Wildman–Crippen MR) is 82.4 cm³/mol. The molecule has 0 amide bonds. The molecule has 108 valence electrons. The molecule has 0 aliphatic heterocycles. The lowest BCUT2D eigenvalue weighted by Crippen LogP contribution is -2.20. The molecule has 2 aromatic rings. The Morgan fingerprint density at radius 2 is 1.80 bits per heavy atom. The summed E-state index contributed by atoms with van der Waals surface area (Å²) in [5.41, 5.74) is 3.51. The molecule has 0 saturated heterocycles. The van der Waals surface area contributed by atoms with Crippen molar-refractivity contribution in [1.29, 1.82) is 0 Å². The van der Waals surface area contributed by atoms with Crippen molar-refractivity contribution in [2.45, 2.75) is 33.5 Å². The van der Waals surface area contributed by atoms with E-state index < -0.39 is 0 Å². The number of hydrogen-bond donors (Lipinski definition) is 2. The van der Waals surface area contributed by atoms with Gasteiger partial charge in [-0.2, -0.15) is 0 Å². The number of aliphatic hydroxyl groups is 1. The Morgan fingerprint density at radius 3 is 2.45 bits per heavy atom. The minimum atomic E-state index is 0.105. The molecular weight excluding hydrogens is 248 g/mol. The minimum Gasteiger partial charge on any atom is -0.392 e. The van der Waals surface area contributed by atoms with Gasteiger partial charge in [0.1, 0.15) is 0 Å². The molecule has 0 radical (unpaired) electrons. The summed E-state index contributed by atoms with van der Waals surface area (Å²) < 4.78 is 2.27. The highest BCUT2D eigenvalue weighted by atomic mass is 16.3. The minimum absolute atomic E-state index is 0.105. The van der Waals surface area contributed by atoms with Gasteiger partial charge in [-0.05, 0) is 35.7 Å². The molecule has 0 fully saturated rings. The Kier molecular flexibility index (Phi) is 5.39. The zero-order chi connectivity index (χ0) is 14.4. The Hall–Kier alpha value is -1.58. The van der Waals surface area contributed by atoms with Gasteiger partial charge >= 0.3 is 0 Å². The van der Waals surface area contributed by atoms with E-state index in [0.29, 0.717) is 5.92 Å². The first-order valence-corrected chi connectivity index (χ1v) is 7.22. The summed E-state index contributed by atoms with van der Waals surface area (Å²) in [4.78, 5) is 0. The summed E-state index contributed by atoms with van der Waals surface area (Å²) in [5.74, 6) is 0.671. The number of benzene rings is 1. The highest BCUT2D eigenvalue weighted by Crippen LogP contribution is 2.10. The van der Waals surface area contributed by atoms with E-state index in [0.717, 1.165) is 25.2 Å². The van der Waals surface area contributed by atoms with Crippen LogP contribution in [0, 0.1) is 5.92 Å². The molecule has 2 N–H and O–H groups in total. The second-order valence-electron chi connectivity index (χ2n) is 5.63. The molecule has 3 heteroatoms. The first kappa shape index (κ1) is 14.8. The smallest absolute Gasteiger partial charge is 0.0681 e. The molecule has 20 heavy (non-hydrogen) atoms. The second kappa shape index (κ2) is 7.27. The fraction of sp³-hybridized carbons (Fsp3) is 0.412. The van der Waals surface area contributed by atoms with Gasteiger partial charge in [0.15, 0.2) is 0 Å². The first-order valence-electron chi connectivity index (χ1n) is 7.22. The van der Waals surface area contributed by atoms with E-state index in [2.05, 4.69) is 54.2 Å². The number of aliphatic hydroxyl groups excluding tert-OH is 1. The topological polar surface area (TPSA) is 37.2 Å². The first-order chi connectivity index (χ1) is 9.69. The van der Waals surface area contributed by atoms with E-state index in [4.69, 9.17) is 5.11 Å². The molecule has 0 spiro atoms. The Bertz CT molecular complexity index is 514. The SMILES string of the molecule is CC(C)CNCc1cccn1Cc1ccc(CO)cc1. The van der Waals surface area contributed by atoms with E-state index in [-0.39, 0.29) is 6.61 Å². The van der Waals surface area contributed by atoms with Crippen LogP contribution in [0.5, 0.6) is 0 Å². The van der Waals surface area contributed by atoms with E-state index in [1.807, 2.05) is 12.1 Å². The highest BCUT2D eigenvalue weighted by molar-refractivity contribution is 5.23. The molecule has 0 unspecified atom stereocenters. The Balaban J connectivity index is 1.96. The van der Waals surface area contributed by atoms with Crippen LogP contribution in [0.3, 0.4) is 0 Å². The van der Waals surface area contributed by atoms with Crippen molar-refractivity contribution in [2.24, 2.45) is 5.92 Å². The number of nitrogens with one attached hydrogen (secondary N) is 1. The largest absolute Gasteiger partial charge is 0.392 e. The van der Waals surface area contributed by atoms with Crippen LogP contribution < -0.4 is 5.32 Å². The predicted octanol–water partition coefficient (Wildman–Crippen LogP) is 2.77. The van der Waals surface area contributed by atoms with Crippen LogP contribution in [0.25, 0.3) is 0 Å². The third-order valence-corrected chi connectivity index (χ3v) is 3.34. The van der Waals surface area contributed by atoms with Gasteiger partial charge in [-0.25, -0.2) is 0 Å². The van der Waals surface area contributed by atoms with Crippen LogP contribution in [-0.4, -0.2) is 16.2 Å². The van der Waals surface area contributed by atoms with E-state index in [1.165, 1.54) is 11.3 Å². The lowest BCUT2D eigenvalue weighted by molar-refractivity contribution is 0.282. The van der Waals surface area contributed by atoms with Crippen molar-refractivity contribution in [3.8, 4) is 0 Å². The molecule has 0 aliphatic carbocycles. The number of rotatable bonds is 7. The molecule has 2 rings (SSSR count). The van der Waals surface area contributed by atoms with Gasteiger partial charge in [0.05, 0.1) is 6.61 Å². The zero-order valence-electron chi connectivity index (χ0n) is 12.3. The van der Waals surface area contributed by atoms with Crippen molar-refractivity contribution in [3.63, 3.8) is 0 Å². The maximum atomic E-state index is 9.06. The van der Waals surface area contributed by atoms with Crippen LogP contribution >= 0.6 is 0 Å². The Morgan fingerprint density at radius 1 is 1.10 bits per heavy atom. The van der Waals surface area contributed by atoms with Crippen LogP contribution in [0.4, 0.5) is 0 Å². The van der Waals surface area contributed by atoms with Crippen LogP contribution in [-0.2, 0) is 19.7 Å². The average Bonchev–Trinajstić information content (AvgIpc) is 2.87. The van der Waals surface area contributed by atoms with Gasteiger partial charge in [0.2, 0.25) is 0 Å². The van der Waals surface area contributed by atoms with Gasteiger partial charge in [-0.1, -0.05) is 38.1 Å². The molecule has 0 aliphatic rings. The highest BCUT2D eigenvalue weighted by Gasteiger charge is 2.02. The van der Waals surface area contributed by atoms with Crippen LogP contribution in [0.1, 0.15) is 30.7 Å². The summed E-state index contributed by atoms with van der Waals surface area (Å²) in [6.45, 7) is 7.35. The lowest BCUT2D eigenvalue weighted by atomic mass is 10.1. The van der Waals surface area contributed by atoms with Crippen LogP contribution in [0.2, 0.25) is 0 Å². The number of nitrogens with zero attached hydrogens (tertiary/aromatic N) is 1. The van der Waals surface area contributed by atoms with Gasteiger partial charge in [0, 0.05) is 25.0 Å². The third-order valence-electron chi connectivity index (χ3n) is 3.34. The lowest BCUT2D eigenvalue weighted by Gasteiger charge is -2.12. The van der Waals surface area contributed by atoms with Crippen LogP contribution in [0.15, 0.2) is 42.6 Å². The summed E-state index contributed by atoms with van der Waals surface area (Å²) in [7, 11) is 0. The van der Waals surface area contributed by atoms with E-state index >= 15 is 0 Å². The molecule has 1 aromatic heterocycles. The summed E-state index contributed by atoms with van der Waals surface area (Å²) in [5, 5.41) is 12.5. The Labute approximate surface area is 121 Å². The van der Waals surface area contributed by atoms with E-state index in [9.17, 15) is 0 Å². The second-order valence-corrected chi connectivity index (χ2v) is 5.63. The van der Waals surface area contributed by atoms with Crippen molar-refractivity contribution >= 4 is 0 Å². The molecule has 1 heterocycles. The van der Waals surface area contributed by atoms with Crippen molar-refractivity contribution in [3.05, 3.63) is 59.4 Å². The number of hydrogen-bond acceptors (Lipinski definition) is 2. The van der Waals surface area contributed by atoms with Gasteiger partial charge in [-0.15, -0.1) is 0 Å². The molecule has 0 atom stereocenters. The van der Waals surface area contributed by atoms with Crippen molar-refractivity contribution < 1.29 is 5.11 Å². The van der Waals surface area contributed by atoms with Gasteiger partial charge in [0.25, 0.3) is 0 Å². The number of aromatic nitrogens is 1. The summed E-state index contributed by atoms with van der Waals surface area (Å²) in [6.07, 6.45) is 2.12. The van der Waals surface area contributed by atoms with Crippen molar-refractivity contribution in [2.75, 3.05) is 6.54 Å². The summed E-state index contributed by atoms with van der Waals surface area (Å²) >= 11 is 0. The zero-order valence-corrected chi connectivity index (χ0v) is 12.3. The van der Waals surface area contributed by atoms with Gasteiger partial charge < -0.3 is 15.0 Å². The van der Waals surface area contributed by atoms with Gasteiger partial charge in [-0.3, -0.25) is 0 Å². The molecule has 0 saturated carbocycles. The maximum Gasteiger partial charge on any atom is 0.0681 e. The normalized spacial score (nSPS) is 11.2. The quantitative estimate of drug-likeness (QED) is 0.813. The standard InChI is InChI=1S/C17H24N2O/c1-14(2)10-18-11-17-4-3-9-19(17)12-15-5-7-16(13-20)8-6-15/h3-9,14,18,20H,10-13H2,1-2H3. The maximum absolute atomic E-state index is 9.06. The monoisotopic (exact) mass is 272 g/mol. The molecular formula is C17H24N2O. The average molecular weight is 272 g/mol. The summed E-state index contributed by atoms with van der Waals surface area (Å²) in [6, 6.07) is 12.4. The fourth-order valence-electron chi connectivity index (χ4n) is 2.20. The molecule has 1 aromatic carbocycles. The fourth-order valence-corrected chi connectivity index (χ4v) is 2.20. The van der Waals surface area contributed by atoms with E-state index in [1.54, 1.807) is 0 Å². The molecule has 0 bridgehead atoms.